The molecule has 0 aliphatic heterocycles. The van der Waals surface area contributed by atoms with Crippen LogP contribution in [0.25, 0.3) is 22.0 Å². The molecule has 0 spiro atoms. The second kappa shape index (κ2) is 3.87. The van der Waals surface area contributed by atoms with Crippen LogP contribution in [0.3, 0.4) is 0 Å². The van der Waals surface area contributed by atoms with Gasteiger partial charge in [-0.25, -0.2) is 0 Å². The molecule has 0 atom stereocenters. The van der Waals surface area contributed by atoms with Gasteiger partial charge in [0.2, 0.25) is 0 Å². The number of nitrogens with zero attached hydrogens (tertiary/aromatic N) is 2. The second-order valence-corrected chi connectivity index (χ2v) is 3.92. The third-order valence-corrected chi connectivity index (χ3v) is 2.70. The van der Waals surface area contributed by atoms with Gasteiger partial charge in [0.05, 0.1) is 11.2 Å². The quantitative estimate of drug-likeness (QED) is 0.687. The first kappa shape index (κ1) is 9.78. The smallest absolute Gasteiger partial charge is 0.0702 e. The summed E-state index contributed by atoms with van der Waals surface area (Å²) in [5, 5.41) is 1.12. The molecule has 0 bridgehead atoms. The Labute approximate surface area is 98.9 Å². The largest absolute Gasteiger partial charge is 0.397 e. The Balaban J connectivity index is 2.18. The lowest BCUT2D eigenvalue weighted by molar-refractivity contribution is 1.33. The average Bonchev–Trinajstić information content (AvgIpc) is 2.38. The van der Waals surface area contributed by atoms with Gasteiger partial charge >= 0.3 is 0 Å². The maximum absolute atomic E-state index is 5.73. The number of hydrogen-bond acceptors (Lipinski definition) is 3. The van der Waals surface area contributed by atoms with Gasteiger partial charge in [-0.05, 0) is 29.8 Å². The summed E-state index contributed by atoms with van der Waals surface area (Å²) in [5.74, 6) is 0. The Hall–Kier alpha value is -2.42. The molecule has 0 fully saturated rings. The molecule has 2 aromatic heterocycles. The molecule has 2 heterocycles. The summed E-state index contributed by atoms with van der Waals surface area (Å²) >= 11 is 0. The molecular formula is C14H11N3. The highest BCUT2D eigenvalue weighted by Gasteiger charge is 2.00. The summed E-state index contributed by atoms with van der Waals surface area (Å²) in [4.78, 5) is 8.39. The van der Waals surface area contributed by atoms with Crippen molar-refractivity contribution in [2.75, 3.05) is 5.73 Å². The monoisotopic (exact) mass is 221 g/mol. The van der Waals surface area contributed by atoms with Gasteiger partial charge in [-0.3, -0.25) is 9.97 Å². The lowest BCUT2D eigenvalue weighted by atomic mass is 10.0. The second-order valence-electron chi connectivity index (χ2n) is 3.92. The van der Waals surface area contributed by atoms with E-state index in [0.29, 0.717) is 5.69 Å². The standard InChI is InChI=1S/C14H11N3/c15-13-7-12(8-16-9-13)10-3-4-14-11(6-10)2-1-5-17-14/h1-9H,15H2. The molecule has 3 heteroatoms. The van der Waals surface area contributed by atoms with Crippen molar-refractivity contribution in [2.45, 2.75) is 0 Å². The predicted octanol–water partition coefficient (Wildman–Crippen LogP) is 2.88. The SMILES string of the molecule is Nc1cncc(-c2ccc3ncccc3c2)c1. The normalized spacial score (nSPS) is 10.6. The van der Waals surface area contributed by atoms with Crippen molar-refractivity contribution in [1.29, 1.82) is 0 Å². The third-order valence-electron chi connectivity index (χ3n) is 2.70. The van der Waals surface area contributed by atoms with Crippen LogP contribution in [0.5, 0.6) is 0 Å². The van der Waals surface area contributed by atoms with E-state index < -0.39 is 0 Å². The van der Waals surface area contributed by atoms with E-state index >= 15 is 0 Å². The van der Waals surface area contributed by atoms with Gasteiger partial charge in [0, 0.05) is 29.5 Å². The van der Waals surface area contributed by atoms with Crippen LogP contribution < -0.4 is 5.73 Å². The van der Waals surface area contributed by atoms with Crippen molar-refractivity contribution < 1.29 is 0 Å². The van der Waals surface area contributed by atoms with Crippen molar-refractivity contribution in [3.05, 3.63) is 55.0 Å². The molecule has 2 N–H and O–H groups in total. The zero-order valence-electron chi connectivity index (χ0n) is 9.17. The van der Waals surface area contributed by atoms with Crippen LogP contribution in [0, 0.1) is 0 Å². The first-order chi connectivity index (χ1) is 8.33. The number of anilines is 1. The topological polar surface area (TPSA) is 51.8 Å². The molecule has 0 radical (unpaired) electrons. The van der Waals surface area contributed by atoms with E-state index in [4.69, 9.17) is 5.73 Å². The minimum Gasteiger partial charge on any atom is -0.397 e. The number of aromatic nitrogens is 2. The molecule has 3 nitrogen and oxygen atoms in total. The highest BCUT2D eigenvalue weighted by Crippen LogP contribution is 2.23. The minimum atomic E-state index is 0.675. The van der Waals surface area contributed by atoms with Crippen molar-refractivity contribution >= 4 is 16.6 Å². The highest BCUT2D eigenvalue weighted by molar-refractivity contribution is 5.84. The summed E-state index contributed by atoms with van der Waals surface area (Å²) in [7, 11) is 0. The zero-order chi connectivity index (χ0) is 11.7. The van der Waals surface area contributed by atoms with Crippen molar-refractivity contribution in [1.82, 2.24) is 9.97 Å². The van der Waals surface area contributed by atoms with Gasteiger partial charge in [-0.2, -0.15) is 0 Å². The Morgan fingerprint density at radius 1 is 0.941 bits per heavy atom. The van der Waals surface area contributed by atoms with Gasteiger partial charge in [0.15, 0.2) is 0 Å². The molecule has 17 heavy (non-hydrogen) atoms. The van der Waals surface area contributed by atoms with E-state index in [1.807, 2.05) is 36.5 Å². The number of benzene rings is 1. The minimum absolute atomic E-state index is 0.675. The maximum Gasteiger partial charge on any atom is 0.0702 e. The highest BCUT2D eigenvalue weighted by atomic mass is 14.7. The first-order valence-corrected chi connectivity index (χ1v) is 5.38. The van der Waals surface area contributed by atoms with Crippen LogP contribution in [-0.4, -0.2) is 9.97 Å². The Morgan fingerprint density at radius 3 is 2.76 bits per heavy atom. The molecule has 0 amide bonds. The Morgan fingerprint density at radius 2 is 1.88 bits per heavy atom. The number of hydrogen-bond donors (Lipinski definition) is 1. The van der Waals surface area contributed by atoms with Crippen LogP contribution >= 0.6 is 0 Å². The molecular weight excluding hydrogens is 210 g/mol. The van der Waals surface area contributed by atoms with Gasteiger partial charge in [-0.15, -0.1) is 0 Å². The van der Waals surface area contributed by atoms with E-state index in [9.17, 15) is 0 Å². The van der Waals surface area contributed by atoms with Crippen LogP contribution in [0.1, 0.15) is 0 Å². The van der Waals surface area contributed by atoms with Crippen molar-refractivity contribution in [2.24, 2.45) is 0 Å². The van der Waals surface area contributed by atoms with Crippen LogP contribution in [0.4, 0.5) is 5.69 Å². The van der Waals surface area contributed by atoms with Gasteiger partial charge < -0.3 is 5.73 Å². The van der Waals surface area contributed by atoms with Crippen molar-refractivity contribution in [3.63, 3.8) is 0 Å². The van der Waals surface area contributed by atoms with E-state index in [2.05, 4.69) is 16.0 Å². The summed E-state index contributed by atoms with van der Waals surface area (Å²) in [6, 6.07) is 12.0. The molecule has 0 unspecified atom stereocenters. The molecule has 0 aliphatic carbocycles. The number of rotatable bonds is 1. The van der Waals surface area contributed by atoms with Crippen LogP contribution in [0.2, 0.25) is 0 Å². The number of pyridine rings is 2. The molecule has 3 aromatic rings. The number of nitrogen functional groups attached to an aromatic ring is 1. The third kappa shape index (κ3) is 1.83. The first-order valence-electron chi connectivity index (χ1n) is 5.38. The summed E-state index contributed by atoms with van der Waals surface area (Å²) < 4.78 is 0. The molecule has 3 rings (SSSR count). The Bertz CT molecular complexity index is 677. The van der Waals surface area contributed by atoms with Crippen molar-refractivity contribution in [3.8, 4) is 11.1 Å². The Kier molecular flexibility index (Phi) is 2.22. The van der Waals surface area contributed by atoms with E-state index in [1.54, 1.807) is 12.4 Å². The van der Waals surface area contributed by atoms with Crippen LogP contribution in [0.15, 0.2) is 55.0 Å². The number of nitrogens with two attached hydrogens (primary N) is 1. The zero-order valence-corrected chi connectivity index (χ0v) is 9.17. The van der Waals surface area contributed by atoms with E-state index in [1.165, 1.54) is 0 Å². The van der Waals surface area contributed by atoms with E-state index in [0.717, 1.165) is 22.0 Å². The summed E-state index contributed by atoms with van der Waals surface area (Å²) in [6.07, 6.45) is 5.25. The summed E-state index contributed by atoms with van der Waals surface area (Å²) in [6.45, 7) is 0. The van der Waals surface area contributed by atoms with Gasteiger partial charge in [-0.1, -0.05) is 12.1 Å². The van der Waals surface area contributed by atoms with Gasteiger partial charge in [0.25, 0.3) is 0 Å². The lowest BCUT2D eigenvalue weighted by Gasteiger charge is -2.03. The lowest BCUT2D eigenvalue weighted by Crippen LogP contribution is -1.88. The molecule has 0 aliphatic rings. The van der Waals surface area contributed by atoms with E-state index in [-0.39, 0.29) is 0 Å². The molecule has 0 saturated carbocycles. The van der Waals surface area contributed by atoms with Crippen LogP contribution in [-0.2, 0) is 0 Å². The fourth-order valence-corrected chi connectivity index (χ4v) is 1.87. The molecule has 0 saturated heterocycles. The van der Waals surface area contributed by atoms with Gasteiger partial charge in [0.1, 0.15) is 0 Å². The fourth-order valence-electron chi connectivity index (χ4n) is 1.87. The maximum atomic E-state index is 5.73. The predicted molar refractivity (Wildman–Crippen MR) is 69.4 cm³/mol. The molecule has 82 valence electrons. The summed E-state index contributed by atoms with van der Waals surface area (Å²) in [5.41, 5.74) is 9.53. The molecule has 1 aromatic carbocycles. The fraction of sp³-hybridized carbons (Fsp3) is 0. The average molecular weight is 221 g/mol. The number of fused-ring (bicyclic) bond motifs is 1.